The molecule has 0 bridgehead atoms. The third-order valence-corrected chi connectivity index (χ3v) is 7.70. The van der Waals surface area contributed by atoms with Crippen LogP contribution in [0, 0.1) is 11.8 Å². The lowest BCUT2D eigenvalue weighted by Gasteiger charge is -2.55. The van der Waals surface area contributed by atoms with Crippen LogP contribution in [-0.4, -0.2) is 83.1 Å². The van der Waals surface area contributed by atoms with E-state index < -0.39 is 54.4 Å². The molecule has 4 rings (SSSR count). The van der Waals surface area contributed by atoms with E-state index in [1.54, 1.807) is 26.1 Å². The van der Waals surface area contributed by atoms with Crippen LogP contribution >= 0.6 is 0 Å². The molecule has 1 aromatic carbocycles. The third-order valence-electron chi connectivity index (χ3n) is 7.70. The van der Waals surface area contributed by atoms with Crippen molar-refractivity contribution in [3.8, 4) is 11.3 Å². The summed E-state index contributed by atoms with van der Waals surface area (Å²) in [5.41, 5.74) is 1.48. The highest BCUT2D eigenvalue weighted by molar-refractivity contribution is 6.67. The van der Waals surface area contributed by atoms with Gasteiger partial charge in [0.15, 0.2) is 0 Å². The SMILES string of the molecule is CC(C)C[C@H](NC(=O)[C@@H](NC(=O)c1cccc(-c2ccccc2)n1)[C@@H](C)O)[B-]12OC(=O)C[N+]1(C)C[C@@H](C)C(=O)O2. The number of quaternary nitrogens is 1. The lowest BCUT2D eigenvalue weighted by Crippen LogP contribution is -2.79. The number of nitrogens with one attached hydrogen (secondary N) is 2. The van der Waals surface area contributed by atoms with E-state index in [1.165, 1.54) is 13.0 Å². The van der Waals surface area contributed by atoms with Gasteiger partial charge in [-0.1, -0.05) is 50.2 Å². The Morgan fingerprint density at radius 2 is 1.77 bits per heavy atom. The molecule has 2 saturated heterocycles. The molecule has 2 amide bonds. The Balaban J connectivity index is 1.58. The molecule has 12 heteroatoms. The first-order valence-electron chi connectivity index (χ1n) is 13.6. The summed E-state index contributed by atoms with van der Waals surface area (Å²) in [4.78, 5) is 56.5. The van der Waals surface area contributed by atoms with E-state index in [0.717, 1.165) is 5.56 Å². The monoisotopic (exact) mass is 552 g/mol. The molecule has 40 heavy (non-hydrogen) atoms. The zero-order chi connectivity index (χ0) is 29.2. The molecule has 6 atom stereocenters. The normalized spacial score (nSPS) is 26.2. The zero-order valence-corrected chi connectivity index (χ0v) is 23.5. The van der Waals surface area contributed by atoms with Gasteiger partial charge in [-0.2, -0.15) is 0 Å². The second-order valence-corrected chi connectivity index (χ2v) is 11.6. The Kier molecular flexibility index (Phi) is 8.32. The van der Waals surface area contributed by atoms with E-state index in [4.69, 9.17) is 9.31 Å². The molecule has 2 aromatic rings. The minimum absolute atomic E-state index is 0.00206. The van der Waals surface area contributed by atoms with Gasteiger partial charge in [-0.3, -0.25) is 19.2 Å². The molecule has 2 aliphatic heterocycles. The average molecular weight is 552 g/mol. The van der Waals surface area contributed by atoms with E-state index >= 15 is 0 Å². The number of aliphatic hydroxyl groups is 1. The van der Waals surface area contributed by atoms with Crippen molar-refractivity contribution >= 4 is 30.4 Å². The summed E-state index contributed by atoms with van der Waals surface area (Å²) in [6, 6.07) is 13.0. The molecule has 2 fully saturated rings. The molecule has 1 aromatic heterocycles. The van der Waals surface area contributed by atoms with Crippen molar-refractivity contribution in [2.45, 2.75) is 52.2 Å². The number of likely N-dealkylation sites (N-methyl/N-ethyl adjacent to an activating group) is 1. The Hall–Kier alpha value is -3.77. The lowest BCUT2D eigenvalue weighted by molar-refractivity contribution is -0.818. The second-order valence-electron chi connectivity index (χ2n) is 11.6. The summed E-state index contributed by atoms with van der Waals surface area (Å²) in [6.07, 6.45) is -0.942. The fourth-order valence-electron chi connectivity index (χ4n) is 5.79. The van der Waals surface area contributed by atoms with E-state index in [0.29, 0.717) is 18.7 Å². The standard InChI is InChI=1S/C28H37BN4O7/c1-17(2)14-23(29-33(5,16-24(35)39-29)15-18(3)28(38)40-29)31-27(37)25(19(4)34)32-26(36)22-13-9-12-21(30-22)20-10-7-6-8-11-20/h6-13,17-19,23,25,34H,14-16H2,1-5H3,(H,31,37)(H,32,36)/t18-,19-,23+,25+,29?,33?/m1/s1. The molecule has 214 valence electrons. The molecule has 0 aliphatic carbocycles. The van der Waals surface area contributed by atoms with Gasteiger partial charge < -0.3 is 29.4 Å². The molecular weight excluding hydrogens is 515 g/mol. The maximum absolute atomic E-state index is 13.6. The molecule has 0 saturated carbocycles. The number of hydrogen-bond acceptors (Lipinski definition) is 8. The van der Waals surface area contributed by atoms with Gasteiger partial charge >= 0.3 is 12.7 Å². The summed E-state index contributed by atoms with van der Waals surface area (Å²) in [5.74, 6) is -3.67. The summed E-state index contributed by atoms with van der Waals surface area (Å²) < 4.78 is 11.7. The van der Waals surface area contributed by atoms with Gasteiger partial charge in [-0.05, 0) is 38.3 Å². The maximum Gasteiger partial charge on any atom is 0.604 e. The van der Waals surface area contributed by atoms with E-state index in [2.05, 4.69) is 15.6 Å². The van der Waals surface area contributed by atoms with Crippen molar-refractivity contribution in [2.75, 3.05) is 20.1 Å². The highest BCUT2D eigenvalue weighted by Gasteiger charge is 2.68. The fourth-order valence-corrected chi connectivity index (χ4v) is 5.79. The van der Waals surface area contributed by atoms with Crippen LogP contribution in [0.3, 0.4) is 0 Å². The van der Waals surface area contributed by atoms with Crippen LogP contribution in [0.25, 0.3) is 11.3 Å². The highest BCUT2D eigenvalue weighted by Crippen LogP contribution is 2.38. The second kappa shape index (κ2) is 11.4. The Bertz CT molecular complexity index is 1290. The zero-order valence-electron chi connectivity index (χ0n) is 23.5. The summed E-state index contributed by atoms with van der Waals surface area (Å²) in [6.45, 7) is 4.64. The van der Waals surface area contributed by atoms with Gasteiger partial charge in [0.25, 0.3) is 11.9 Å². The lowest BCUT2D eigenvalue weighted by atomic mass is 9.55. The number of amides is 2. The van der Waals surface area contributed by atoms with Crippen LogP contribution in [0.15, 0.2) is 48.5 Å². The van der Waals surface area contributed by atoms with Gasteiger partial charge in [-0.25, -0.2) is 4.98 Å². The van der Waals surface area contributed by atoms with Crippen molar-refractivity contribution in [3.63, 3.8) is 0 Å². The minimum atomic E-state index is -2.65. The number of aromatic nitrogens is 1. The summed E-state index contributed by atoms with van der Waals surface area (Å²) >= 11 is 0. The first-order valence-corrected chi connectivity index (χ1v) is 13.6. The van der Waals surface area contributed by atoms with Gasteiger partial charge in [-0.15, -0.1) is 0 Å². The number of hydrogen-bond donors (Lipinski definition) is 3. The van der Waals surface area contributed by atoms with Gasteiger partial charge in [0, 0.05) is 12.6 Å². The smallest absolute Gasteiger partial charge is 0.603 e. The number of carbonyl (C=O) groups is 4. The summed E-state index contributed by atoms with van der Waals surface area (Å²) in [5, 5.41) is 16.0. The number of fused-ring (bicyclic) bond motifs is 1. The Morgan fingerprint density at radius 3 is 2.42 bits per heavy atom. The van der Waals surface area contributed by atoms with Crippen molar-refractivity contribution in [1.82, 2.24) is 15.6 Å². The van der Waals surface area contributed by atoms with Gasteiger partial charge in [0.1, 0.15) is 18.3 Å². The number of nitrogens with zero attached hydrogens (tertiary/aromatic N) is 2. The molecule has 3 N–H and O–H groups in total. The van der Waals surface area contributed by atoms with Crippen LogP contribution in [0.1, 0.15) is 44.6 Å². The fraction of sp³-hybridized carbons (Fsp3) is 0.464. The molecule has 0 spiro atoms. The van der Waals surface area contributed by atoms with Crippen LogP contribution in [-0.2, 0) is 23.7 Å². The quantitative estimate of drug-likeness (QED) is 0.397. The average Bonchev–Trinajstić information content (AvgIpc) is 3.16. The summed E-state index contributed by atoms with van der Waals surface area (Å²) in [7, 11) is 1.78. The van der Waals surface area contributed by atoms with Crippen LogP contribution in [0.2, 0.25) is 0 Å². The van der Waals surface area contributed by atoms with Crippen molar-refractivity contribution in [2.24, 2.45) is 11.8 Å². The Labute approximate surface area is 233 Å². The molecule has 2 unspecified atom stereocenters. The maximum atomic E-state index is 13.6. The van der Waals surface area contributed by atoms with Crippen molar-refractivity contribution < 1.29 is 38.0 Å². The predicted octanol–water partition coefficient (Wildman–Crippen LogP) is 1.43. The molecule has 2 aliphatic rings. The molecule has 11 nitrogen and oxygen atoms in total. The van der Waals surface area contributed by atoms with Crippen LogP contribution in [0.5, 0.6) is 0 Å². The van der Waals surface area contributed by atoms with E-state index in [1.807, 2.05) is 44.2 Å². The molecule has 3 heterocycles. The molecular formula is C28H37BN4O7. The van der Waals surface area contributed by atoms with E-state index in [-0.39, 0.29) is 22.6 Å². The molecule has 0 radical (unpaired) electrons. The number of rotatable bonds is 9. The minimum Gasteiger partial charge on any atom is -0.603 e. The first-order chi connectivity index (χ1) is 18.8. The third kappa shape index (κ3) is 5.73. The largest absolute Gasteiger partial charge is 0.604 e. The predicted molar refractivity (Wildman–Crippen MR) is 147 cm³/mol. The van der Waals surface area contributed by atoms with Gasteiger partial charge in [0.05, 0.1) is 30.2 Å². The van der Waals surface area contributed by atoms with Crippen LogP contribution < -0.4 is 10.6 Å². The van der Waals surface area contributed by atoms with Crippen molar-refractivity contribution in [1.29, 1.82) is 0 Å². The first kappa shape index (κ1) is 29.2. The van der Waals surface area contributed by atoms with Crippen molar-refractivity contribution in [3.05, 3.63) is 54.2 Å². The number of benzene rings is 1. The number of aliphatic hydroxyl groups excluding tert-OH is 1. The number of carbonyl (C=O) groups excluding carboxylic acids is 4. The highest BCUT2D eigenvalue weighted by atomic mass is 16.7. The number of pyridine rings is 1. The Morgan fingerprint density at radius 1 is 1.07 bits per heavy atom. The van der Waals surface area contributed by atoms with Gasteiger partial charge in [0.2, 0.25) is 5.91 Å². The topological polar surface area (TPSA) is 144 Å². The van der Waals surface area contributed by atoms with Crippen LogP contribution in [0.4, 0.5) is 0 Å². The van der Waals surface area contributed by atoms with E-state index in [9.17, 15) is 24.3 Å².